The first-order valence-electron chi connectivity index (χ1n) is 6.28. The summed E-state index contributed by atoms with van der Waals surface area (Å²) in [6.07, 6.45) is 3.20. The molecule has 0 unspecified atom stereocenters. The van der Waals surface area contributed by atoms with Crippen LogP contribution in [0.1, 0.15) is 10.4 Å². The van der Waals surface area contributed by atoms with Gasteiger partial charge in [-0.25, -0.2) is 0 Å². The van der Waals surface area contributed by atoms with Crippen molar-refractivity contribution in [1.29, 1.82) is 0 Å². The van der Waals surface area contributed by atoms with E-state index in [1.807, 2.05) is 54.6 Å². The van der Waals surface area contributed by atoms with Crippen LogP contribution < -0.4 is 5.32 Å². The fraction of sp³-hybridized carbons (Fsp3) is 0. The highest BCUT2D eigenvalue weighted by atomic mass is 16.1. The van der Waals surface area contributed by atoms with Crippen LogP contribution in [0.25, 0.3) is 11.1 Å². The topological polar surface area (TPSA) is 57.8 Å². The van der Waals surface area contributed by atoms with E-state index in [2.05, 4.69) is 15.5 Å². The molecule has 0 spiro atoms. The lowest BCUT2D eigenvalue weighted by atomic mass is 10.0. The highest BCUT2D eigenvalue weighted by molar-refractivity contribution is 6.04. The zero-order valence-electron chi connectivity index (χ0n) is 10.7. The standard InChI is InChI=1S/C16H13N3O/c20-16(19-15-10-17-18-11-15)14-8-6-13(7-9-14)12-4-2-1-3-5-12/h1-11H,(H,17,18)(H,19,20). The van der Waals surface area contributed by atoms with Gasteiger partial charge in [-0.1, -0.05) is 42.5 Å². The van der Waals surface area contributed by atoms with Crippen LogP contribution in [0.4, 0.5) is 5.69 Å². The van der Waals surface area contributed by atoms with E-state index >= 15 is 0 Å². The zero-order valence-corrected chi connectivity index (χ0v) is 10.7. The fourth-order valence-corrected chi connectivity index (χ4v) is 1.97. The third kappa shape index (κ3) is 2.59. The van der Waals surface area contributed by atoms with Gasteiger partial charge < -0.3 is 5.32 Å². The van der Waals surface area contributed by atoms with Crippen LogP contribution in [-0.4, -0.2) is 16.1 Å². The summed E-state index contributed by atoms with van der Waals surface area (Å²) in [5.74, 6) is -0.147. The summed E-state index contributed by atoms with van der Waals surface area (Å²) >= 11 is 0. The molecule has 4 nitrogen and oxygen atoms in total. The second kappa shape index (κ2) is 5.40. The second-order valence-electron chi connectivity index (χ2n) is 4.38. The van der Waals surface area contributed by atoms with Gasteiger partial charge in [0.1, 0.15) is 0 Å². The van der Waals surface area contributed by atoms with Crippen LogP contribution in [0.3, 0.4) is 0 Å². The first-order chi connectivity index (χ1) is 9.83. The Morgan fingerprint density at radius 3 is 2.30 bits per heavy atom. The summed E-state index contributed by atoms with van der Waals surface area (Å²) < 4.78 is 0. The third-order valence-electron chi connectivity index (χ3n) is 3.01. The van der Waals surface area contributed by atoms with Crippen LogP contribution >= 0.6 is 0 Å². The number of carbonyl (C=O) groups excluding carboxylic acids is 1. The normalized spacial score (nSPS) is 10.2. The van der Waals surface area contributed by atoms with Gasteiger partial charge in [-0.05, 0) is 23.3 Å². The summed E-state index contributed by atoms with van der Waals surface area (Å²) in [4.78, 5) is 12.0. The molecule has 0 aliphatic heterocycles. The molecule has 0 radical (unpaired) electrons. The lowest BCUT2D eigenvalue weighted by molar-refractivity contribution is 0.102. The molecule has 0 aliphatic rings. The van der Waals surface area contributed by atoms with Gasteiger partial charge in [0.25, 0.3) is 5.91 Å². The molecule has 2 N–H and O–H groups in total. The van der Waals surface area contributed by atoms with E-state index in [1.54, 1.807) is 12.4 Å². The van der Waals surface area contributed by atoms with E-state index in [-0.39, 0.29) is 5.91 Å². The molecule has 98 valence electrons. The van der Waals surface area contributed by atoms with Crippen LogP contribution in [0.2, 0.25) is 0 Å². The molecule has 1 amide bonds. The summed E-state index contributed by atoms with van der Waals surface area (Å²) in [6, 6.07) is 17.6. The molecule has 20 heavy (non-hydrogen) atoms. The average Bonchev–Trinajstić information content (AvgIpc) is 3.01. The van der Waals surface area contributed by atoms with Gasteiger partial charge in [0.15, 0.2) is 0 Å². The lowest BCUT2D eigenvalue weighted by Crippen LogP contribution is -2.11. The number of nitrogens with zero attached hydrogens (tertiary/aromatic N) is 1. The van der Waals surface area contributed by atoms with Crippen molar-refractivity contribution in [2.24, 2.45) is 0 Å². The Bertz CT molecular complexity index is 688. The van der Waals surface area contributed by atoms with E-state index in [9.17, 15) is 4.79 Å². The summed E-state index contributed by atoms with van der Waals surface area (Å²) in [7, 11) is 0. The van der Waals surface area contributed by atoms with Crippen molar-refractivity contribution in [3.63, 3.8) is 0 Å². The molecule has 1 heterocycles. The molecule has 3 rings (SSSR count). The largest absolute Gasteiger partial charge is 0.319 e. The van der Waals surface area contributed by atoms with Crippen LogP contribution in [0.5, 0.6) is 0 Å². The molecule has 0 fully saturated rings. The molecule has 0 atom stereocenters. The highest BCUT2D eigenvalue weighted by Gasteiger charge is 2.06. The Morgan fingerprint density at radius 2 is 1.65 bits per heavy atom. The van der Waals surface area contributed by atoms with E-state index in [4.69, 9.17) is 0 Å². The van der Waals surface area contributed by atoms with Crippen molar-refractivity contribution in [3.8, 4) is 11.1 Å². The summed E-state index contributed by atoms with van der Waals surface area (Å²) in [5, 5.41) is 9.20. The maximum atomic E-state index is 12.0. The van der Waals surface area contributed by atoms with Crippen LogP contribution in [-0.2, 0) is 0 Å². The lowest BCUT2D eigenvalue weighted by Gasteiger charge is -2.05. The SMILES string of the molecule is O=C(Nc1cn[nH]c1)c1ccc(-c2ccccc2)cc1. The Morgan fingerprint density at radius 1 is 0.950 bits per heavy atom. The van der Waals surface area contributed by atoms with Gasteiger partial charge in [0.2, 0.25) is 0 Å². The highest BCUT2D eigenvalue weighted by Crippen LogP contribution is 2.19. The maximum absolute atomic E-state index is 12.0. The number of rotatable bonds is 3. The minimum atomic E-state index is -0.147. The zero-order chi connectivity index (χ0) is 13.8. The number of hydrogen-bond donors (Lipinski definition) is 2. The van der Waals surface area contributed by atoms with E-state index in [1.165, 1.54) is 0 Å². The molecule has 3 aromatic rings. The first kappa shape index (κ1) is 12.2. The fourth-order valence-electron chi connectivity index (χ4n) is 1.97. The summed E-state index contributed by atoms with van der Waals surface area (Å²) in [6.45, 7) is 0. The number of nitrogens with one attached hydrogen (secondary N) is 2. The van der Waals surface area contributed by atoms with Crippen LogP contribution in [0.15, 0.2) is 67.0 Å². The molecule has 0 bridgehead atoms. The quantitative estimate of drug-likeness (QED) is 0.761. The number of aromatic nitrogens is 2. The Labute approximate surface area is 116 Å². The van der Waals surface area contributed by atoms with Gasteiger partial charge in [-0.15, -0.1) is 0 Å². The van der Waals surface area contributed by atoms with Gasteiger partial charge in [0.05, 0.1) is 11.9 Å². The van der Waals surface area contributed by atoms with Crippen molar-refractivity contribution in [2.75, 3.05) is 5.32 Å². The number of anilines is 1. The molecule has 0 aliphatic carbocycles. The predicted molar refractivity (Wildman–Crippen MR) is 78.4 cm³/mol. The monoisotopic (exact) mass is 263 g/mol. The number of amides is 1. The van der Waals surface area contributed by atoms with Gasteiger partial charge in [-0.2, -0.15) is 5.10 Å². The van der Waals surface area contributed by atoms with Crippen LogP contribution in [0, 0.1) is 0 Å². The van der Waals surface area contributed by atoms with Crippen molar-refractivity contribution < 1.29 is 4.79 Å². The van der Waals surface area contributed by atoms with Crippen molar-refractivity contribution >= 4 is 11.6 Å². The maximum Gasteiger partial charge on any atom is 0.255 e. The minimum absolute atomic E-state index is 0.147. The Hall–Kier alpha value is -2.88. The molecule has 1 aromatic heterocycles. The minimum Gasteiger partial charge on any atom is -0.319 e. The number of aromatic amines is 1. The van der Waals surface area contributed by atoms with Crippen molar-refractivity contribution in [1.82, 2.24) is 10.2 Å². The van der Waals surface area contributed by atoms with Gasteiger partial charge in [0, 0.05) is 11.8 Å². The van der Waals surface area contributed by atoms with Crippen molar-refractivity contribution in [3.05, 3.63) is 72.6 Å². The smallest absolute Gasteiger partial charge is 0.255 e. The second-order valence-corrected chi connectivity index (χ2v) is 4.38. The van der Waals surface area contributed by atoms with E-state index in [0.29, 0.717) is 11.3 Å². The molecule has 4 heteroatoms. The molecular weight excluding hydrogens is 250 g/mol. The molecule has 2 aromatic carbocycles. The predicted octanol–water partition coefficient (Wildman–Crippen LogP) is 3.33. The number of carbonyl (C=O) groups is 1. The molecular formula is C16H13N3O. The average molecular weight is 263 g/mol. The van der Waals surface area contributed by atoms with Gasteiger partial charge in [-0.3, -0.25) is 9.89 Å². The first-order valence-corrected chi connectivity index (χ1v) is 6.28. The molecule has 0 saturated heterocycles. The number of hydrogen-bond acceptors (Lipinski definition) is 2. The number of benzene rings is 2. The van der Waals surface area contributed by atoms with Crippen molar-refractivity contribution in [2.45, 2.75) is 0 Å². The molecule has 0 saturated carbocycles. The van der Waals surface area contributed by atoms with Gasteiger partial charge >= 0.3 is 0 Å². The third-order valence-corrected chi connectivity index (χ3v) is 3.01. The summed E-state index contributed by atoms with van der Waals surface area (Å²) in [5.41, 5.74) is 3.49. The Kier molecular flexibility index (Phi) is 3.29. The van der Waals surface area contributed by atoms with E-state index < -0.39 is 0 Å². The van der Waals surface area contributed by atoms with E-state index in [0.717, 1.165) is 11.1 Å². The number of H-pyrrole nitrogens is 1. The Balaban J connectivity index is 1.78.